The van der Waals surface area contributed by atoms with E-state index >= 15 is 0 Å². The zero-order valence-electron chi connectivity index (χ0n) is 8.61. The Balaban J connectivity index is 2.88. The van der Waals surface area contributed by atoms with E-state index in [9.17, 15) is 4.79 Å². The molecule has 1 aromatic heterocycles. The lowest BCUT2D eigenvalue weighted by molar-refractivity contribution is -0.152. The number of thiophene rings is 1. The minimum atomic E-state index is -0.681. The van der Waals surface area contributed by atoms with Gasteiger partial charge in [0.2, 0.25) is 0 Å². The molecule has 78 valence electrons. The van der Waals surface area contributed by atoms with Gasteiger partial charge in [-0.05, 0) is 25.3 Å². The largest absolute Gasteiger partial charge is 0.469 e. The van der Waals surface area contributed by atoms with Gasteiger partial charge in [-0.15, -0.1) is 11.3 Å². The predicted octanol–water partition coefficient (Wildman–Crippen LogP) is 1.95. The van der Waals surface area contributed by atoms with Crippen LogP contribution in [0.2, 0.25) is 0 Å². The van der Waals surface area contributed by atoms with Gasteiger partial charge in [0.25, 0.3) is 0 Å². The SMILES string of the molecule is COC(=O)C(C)(C)C(N)c1cccs1. The summed E-state index contributed by atoms with van der Waals surface area (Å²) in [6.07, 6.45) is 0. The second kappa shape index (κ2) is 4.11. The topological polar surface area (TPSA) is 52.3 Å². The average molecular weight is 213 g/mol. The van der Waals surface area contributed by atoms with Crippen LogP contribution in [0.15, 0.2) is 17.5 Å². The van der Waals surface area contributed by atoms with Gasteiger partial charge in [0.15, 0.2) is 0 Å². The van der Waals surface area contributed by atoms with Crippen molar-refractivity contribution in [3.8, 4) is 0 Å². The van der Waals surface area contributed by atoms with E-state index in [-0.39, 0.29) is 12.0 Å². The van der Waals surface area contributed by atoms with Crippen LogP contribution in [0.25, 0.3) is 0 Å². The Hall–Kier alpha value is -0.870. The lowest BCUT2D eigenvalue weighted by Crippen LogP contribution is -2.36. The van der Waals surface area contributed by atoms with Gasteiger partial charge in [-0.3, -0.25) is 4.79 Å². The van der Waals surface area contributed by atoms with Crippen molar-refractivity contribution in [2.75, 3.05) is 7.11 Å². The predicted molar refractivity (Wildman–Crippen MR) is 57.0 cm³/mol. The highest BCUT2D eigenvalue weighted by atomic mass is 32.1. The highest BCUT2D eigenvalue weighted by molar-refractivity contribution is 7.10. The van der Waals surface area contributed by atoms with Crippen molar-refractivity contribution in [3.05, 3.63) is 22.4 Å². The summed E-state index contributed by atoms with van der Waals surface area (Å²) >= 11 is 1.55. The molecule has 0 amide bonds. The molecule has 0 aliphatic heterocycles. The number of rotatable bonds is 3. The third kappa shape index (κ3) is 1.96. The van der Waals surface area contributed by atoms with Crippen molar-refractivity contribution >= 4 is 17.3 Å². The number of methoxy groups -OCH3 is 1. The molecule has 0 fully saturated rings. The second-order valence-electron chi connectivity index (χ2n) is 3.71. The zero-order chi connectivity index (χ0) is 10.8. The lowest BCUT2D eigenvalue weighted by atomic mass is 9.84. The standard InChI is InChI=1S/C10H15NO2S/c1-10(2,9(12)13-3)8(11)7-5-4-6-14-7/h4-6,8H,11H2,1-3H3. The number of carbonyl (C=O) groups excluding carboxylic acids is 1. The summed E-state index contributed by atoms with van der Waals surface area (Å²) in [6, 6.07) is 3.54. The number of carbonyl (C=O) groups is 1. The van der Waals surface area contributed by atoms with E-state index in [1.165, 1.54) is 7.11 Å². The Kier molecular flexibility index (Phi) is 3.29. The fourth-order valence-corrected chi connectivity index (χ4v) is 2.13. The molecule has 0 spiro atoms. The number of esters is 1. The van der Waals surface area contributed by atoms with Crippen LogP contribution >= 0.6 is 11.3 Å². The highest BCUT2D eigenvalue weighted by Crippen LogP contribution is 2.34. The third-order valence-corrected chi connectivity index (χ3v) is 3.29. The first kappa shape index (κ1) is 11.2. The van der Waals surface area contributed by atoms with E-state index < -0.39 is 5.41 Å². The summed E-state index contributed by atoms with van der Waals surface area (Å²) in [4.78, 5) is 12.5. The number of hydrogen-bond acceptors (Lipinski definition) is 4. The zero-order valence-corrected chi connectivity index (χ0v) is 9.43. The molecule has 0 aliphatic rings. The molecule has 2 N–H and O–H groups in total. The average Bonchev–Trinajstić information content (AvgIpc) is 2.67. The van der Waals surface area contributed by atoms with Crippen LogP contribution in [0.4, 0.5) is 0 Å². The van der Waals surface area contributed by atoms with Gasteiger partial charge >= 0.3 is 5.97 Å². The van der Waals surface area contributed by atoms with Crippen molar-refractivity contribution in [3.63, 3.8) is 0 Å². The van der Waals surface area contributed by atoms with E-state index in [2.05, 4.69) is 0 Å². The molecule has 14 heavy (non-hydrogen) atoms. The Morgan fingerprint density at radius 2 is 2.29 bits per heavy atom. The van der Waals surface area contributed by atoms with E-state index in [4.69, 9.17) is 10.5 Å². The molecule has 4 heteroatoms. The van der Waals surface area contributed by atoms with Gasteiger partial charge in [-0.1, -0.05) is 6.07 Å². The molecular formula is C10H15NO2S. The summed E-state index contributed by atoms with van der Waals surface area (Å²) < 4.78 is 4.72. The summed E-state index contributed by atoms with van der Waals surface area (Å²) in [6.45, 7) is 3.59. The Bertz CT molecular complexity index is 306. The van der Waals surface area contributed by atoms with Crippen LogP contribution in [0.1, 0.15) is 24.8 Å². The molecule has 0 aromatic carbocycles. The molecule has 1 heterocycles. The van der Waals surface area contributed by atoms with Crippen molar-refractivity contribution in [2.45, 2.75) is 19.9 Å². The van der Waals surface area contributed by atoms with Gasteiger partial charge in [0, 0.05) is 4.88 Å². The minimum Gasteiger partial charge on any atom is -0.469 e. The van der Waals surface area contributed by atoms with Gasteiger partial charge in [-0.25, -0.2) is 0 Å². The van der Waals surface area contributed by atoms with Crippen LogP contribution in [0.3, 0.4) is 0 Å². The molecular weight excluding hydrogens is 198 g/mol. The first-order valence-electron chi connectivity index (χ1n) is 4.37. The van der Waals surface area contributed by atoms with Crippen LogP contribution < -0.4 is 5.73 Å². The normalized spacial score (nSPS) is 13.7. The molecule has 0 saturated heterocycles. The number of hydrogen-bond donors (Lipinski definition) is 1. The first-order chi connectivity index (χ1) is 6.50. The van der Waals surface area contributed by atoms with E-state index in [1.807, 2.05) is 17.5 Å². The van der Waals surface area contributed by atoms with E-state index in [0.717, 1.165) is 4.88 Å². The molecule has 1 rings (SSSR count). The number of nitrogens with two attached hydrogens (primary N) is 1. The van der Waals surface area contributed by atoms with Gasteiger partial charge < -0.3 is 10.5 Å². The maximum absolute atomic E-state index is 11.5. The van der Waals surface area contributed by atoms with E-state index in [0.29, 0.717) is 0 Å². The second-order valence-corrected chi connectivity index (χ2v) is 4.69. The fourth-order valence-electron chi connectivity index (χ4n) is 1.21. The first-order valence-corrected chi connectivity index (χ1v) is 5.25. The maximum atomic E-state index is 11.5. The minimum absolute atomic E-state index is 0.279. The molecule has 0 radical (unpaired) electrons. The molecule has 0 saturated carbocycles. The molecule has 1 aromatic rings. The van der Waals surface area contributed by atoms with Crippen molar-refractivity contribution in [1.29, 1.82) is 0 Å². The lowest BCUT2D eigenvalue weighted by Gasteiger charge is -2.27. The van der Waals surface area contributed by atoms with Crippen LogP contribution in [0, 0.1) is 5.41 Å². The van der Waals surface area contributed by atoms with Crippen LogP contribution in [-0.2, 0) is 9.53 Å². The molecule has 1 unspecified atom stereocenters. The summed E-state index contributed by atoms with van der Waals surface area (Å²) in [5, 5.41) is 1.95. The van der Waals surface area contributed by atoms with Gasteiger partial charge in [-0.2, -0.15) is 0 Å². The van der Waals surface area contributed by atoms with Crippen LogP contribution in [0.5, 0.6) is 0 Å². The van der Waals surface area contributed by atoms with Gasteiger partial charge in [0.1, 0.15) is 0 Å². The molecule has 3 nitrogen and oxygen atoms in total. The van der Waals surface area contributed by atoms with E-state index in [1.54, 1.807) is 25.2 Å². The quantitative estimate of drug-likeness (QED) is 0.781. The Morgan fingerprint density at radius 1 is 1.64 bits per heavy atom. The maximum Gasteiger partial charge on any atom is 0.313 e. The Morgan fingerprint density at radius 3 is 2.71 bits per heavy atom. The summed E-state index contributed by atoms with van der Waals surface area (Å²) in [5.41, 5.74) is 5.32. The molecule has 0 aliphatic carbocycles. The van der Waals surface area contributed by atoms with Gasteiger partial charge in [0.05, 0.1) is 18.6 Å². The number of ether oxygens (including phenoxy) is 1. The van der Waals surface area contributed by atoms with Crippen molar-refractivity contribution < 1.29 is 9.53 Å². The monoisotopic (exact) mass is 213 g/mol. The highest BCUT2D eigenvalue weighted by Gasteiger charge is 2.36. The third-order valence-electron chi connectivity index (χ3n) is 2.34. The van der Waals surface area contributed by atoms with Crippen molar-refractivity contribution in [1.82, 2.24) is 0 Å². The van der Waals surface area contributed by atoms with Crippen molar-refractivity contribution in [2.24, 2.45) is 11.1 Å². The molecule has 0 bridgehead atoms. The van der Waals surface area contributed by atoms with Crippen LogP contribution in [-0.4, -0.2) is 13.1 Å². The Labute approximate surface area is 87.9 Å². The summed E-state index contributed by atoms with van der Waals surface area (Å²) in [5.74, 6) is -0.279. The summed E-state index contributed by atoms with van der Waals surface area (Å²) in [7, 11) is 1.38. The molecule has 1 atom stereocenters. The fraction of sp³-hybridized carbons (Fsp3) is 0.500. The smallest absolute Gasteiger partial charge is 0.313 e.